The molecule has 2 heterocycles. The number of carbonyl (C=O) groups excluding carboxylic acids is 1. The lowest BCUT2D eigenvalue weighted by Gasteiger charge is -2.35. The zero-order chi connectivity index (χ0) is 23.4. The van der Waals surface area contributed by atoms with E-state index < -0.39 is 12.2 Å². The monoisotopic (exact) mass is 455 g/mol. The minimum Gasteiger partial charge on any atom is -0.334 e. The molecule has 1 aromatic heterocycles. The van der Waals surface area contributed by atoms with Crippen LogP contribution in [0.25, 0.3) is 11.5 Å². The molecule has 2 aliphatic carbocycles. The number of nitrogens with one attached hydrogen (secondary N) is 1. The van der Waals surface area contributed by atoms with E-state index >= 15 is 0 Å². The van der Waals surface area contributed by atoms with E-state index in [0.29, 0.717) is 23.7 Å². The summed E-state index contributed by atoms with van der Waals surface area (Å²) in [5.41, 5.74) is 0.396. The van der Waals surface area contributed by atoms with Crippen LogP contribution in [0, 0.1) is 28.0 Å². The van der Waals surface area contributed by atoms with Crippen LogP contribution in [0.2, 0.25) is 0 Å². The van der Waals surface area contributed by atoms with Gasteiger partial charge in [0.15, 0.2) is 5.82 Å². The van der Waals surface area contributed by atoms with Crippen LogP contribution >= 0.6 is 0 Å². The molecule has 3 aliphatic rings. The molecule has 1 aromatic carbocycles. The first-order valence-corrected chi connectivity index (χ1v) is 11.4. The molecule has 3 fully saturated rings. The summed E-state index contributed by atoms with van der Waals surface area (Å²) in [4.78, 5) is 18.6. The third-order valence-electron chi connectivity index (χ3n) is 8.46. The minimum atomic E-state index is -1.14. The molecule has 2 aromatic rings. The Morgan fingerprint density at radius 3 is 2.79 bits per heavy atom. The van der Waals surface area contributed by atoms with Crippen molar-refractivity contribution < 1.29 is 18.1 Å². The number of amides is 1. The summed E-state index contributed by atoms with van der Waals surface area (Å²) in [5.74, 6) is 0.449. The second-order valence-corrected chi connectivity index (χ2v) is 10.2. The highest BCUT2D eigenvalue weighted by atomic mass is 19.1. The molecule has 1 aliphatic heterocycles. The van der Waals surface area contributed by atoms with Gasteiger partial charge in [0.2, 0.25) is 5.91 Å². The zero-order valence-electron chi connectivity index (χ0n) is 18.8. The normalized spacial score (nSPS) is 34.8. The van der Waals surface area contributed by atoms with Gasteiger partial charge in [-0.1, -0.05) is 12.1 Å². The van der Waals surface area contributed by atoms with E-state index in [-0.39, 0.29) is 47.6 Å². The van der Waals surface area contributed by atoms with Gasteiger partial charge in [0.05, 0.1) is 19.2 Å². The van der Waals surface area contributed by atoms with Gasteiger partial charge in [-0.3, -0.25) is 4.79 Å². The van der Waals surface area contributed by atoms with Crippen molar-refractivity contribution in [2.45, 2.75) is 63.7 Å². The van der Waals surface area contributed by atoms with Gasteiger partial charge < -0.3 is 14.7 Å². The summed E-state index contributed by atoms with van der Waals surface area (Å²) in [6.45, 7) is 4.44. The van der Waals surface area contributed by atoms with E-state index in [1.165, 1.54) is 17.0 Å². The number of alkyl halides is 1. The van der Waals surface area contributed by atoms with Gasteiger partial charge in [-0.15, -0.1) is 0 Å². The summed E-state index contributed by atoms with van der Waals surface area (Å²) in [7, 11) is 0. The van der Waals surface area contributed by atoms with Crippen LogP contribution in [0.1, 0.15) is 45.4 Å². The smallest absolute Gasteiger partial charge is 0.257 e. The lowest BCUT2D eigenvalue weighted by Crippen LogP contribution is -2.52. The number of hydrogen-bond donors (Lipinski definition) is 1. The average molecular weight is 456 g/mol. The van der Waals surface area contributed by atoms with Crippen molar-refractivity contribution in [3.8, 4) is 17.5 Å². The number of nitriles is 1. The maximum Gasteiger partial charge on any atom is 0.257 e. The van der Waals surface area contributed by atoms with E-state index in [4.69, 9.17) is 4.52 Å². The van der Waals surface area contributed by atoms with E-state index in [1.807, 2.05) is 6.07 Å². The summed E-state index contributed by atoms with van der Waals surface area (Å²) in [6.07, 6.45) is 2.47. The Morgan fingerprint density at radius 1 is 1.33 bits per heavy atom. The first-order chi connectivity index (χ1) is 15.7. The molecule has 7 nitrogen and oxygen atoms in total. The highest BCUT2D eigenvalue weighted by molar-refractivity contribution is 5.79. The second kappa shape index (κ2) is 7.59. The molecule has 0 bridgehead atoms. The number of carbonyl (C=O) groups is 1. The van der Waals surface area contributed by atoms with Crippen molar-refractivity contribution in [3.63, 3.8) is 0 Å². The molecule has 1 saturated heterocycles. The largest absolute Gasteiger partial charge is 0.334 e. The van der Waals surface area contributed by atoms with Crippen LogP contribution in [-0.4, -0.2) is 51.8 Å². The summed E-state index contributed by atoms with van der Waals surface area (Å²) in [6, 6.07) is 7.30. The van der Waals surface area contributed by atoms with Crippen molar-refractivity contribution in [2.24, 2.45) is 10.8 Å². The van der Waals surface area contributed by atoms with Gasteiger partial charge in [-0.25, -0.2) is 8.78 Å². The van der Waals surface area contributed by atoms with Crippen molar-refractivity contribution in [1.82, 2.24) is 20.4 Å². The van der Waals surface area contributed by atoms with Gasteiger partial charge in [0.25, 0.3) is 5.89 Å². The second-order valence-electron chi connectivity index (χ2n) is 10.2. The Labute approximate surface area is 191 Å². The van der Waals surface area contributed by atoms with Crippen molar-refractivity contribution in [3.05, 3.63) is 35.9 Å². The minimum absolute atomic E-state index is 0.00905. The zero-order valence-corrected chi connectivity index (χ0v) is 18.8. The lowest BCUT2D eigenvalue weighted by molar-refractivity contribution is -0.130. The molecule has 5 rings (SSSR count). The number of fused-ring (bicyclic) bond motifs is 1. The highest BCUT2D eigenvalue weighted by Gasteiger charge is 2.75. The van der Waals surface area contributed by atoms with Crippen molar-refractivity contribution >= 4 is 5.91 Å². The third-order valence-corrected chi connectivity index (χ3v) is 8.46. The van der Waals surface area contributed by atoms with Crippen LogP contribution in [0.3, 0.4) is 0 Å². The maximum absolute atomic E-state index is 13.7. The predicted molar refractivity (Wildman–Crippen MR) is 115 cm³/mol. The maximum atomic E-state index is 13.7. The molecular formula is C24H27F2N5O2. The SMILES string of the molecule is CC12C[C@@]1(Cc1noc(-c3ccc(F)cc3)n1)CC[C@]2(C)NCC(=O)N1C[C@@H](F)C[C@H]1C#N. The first kappa shape index (κ1) is 22.0. The molecule has 0 radical (unpaired) electrons. The van der Waals surface area contributed by atoms with E-state index in [2.05, 4.69) is 29.3 Å². The fourth-order valence-corrected chi connectivity index (χ4v) is 6.06. The number of likely N-dealkylation sites (tertiary alicyclic amines) is 1. The predicted octanol–water partition coefficient (Wildman–Crippen LogP) is 3.42. The number of aromatic nitrogens is 2. The first-order valence-electron chi connectivity index (χ1n) is 11.4. The number of hydrogen-bond acceptors (Lipinski definition) is 6. The van der Waals surface area contributed by atoms with E-state index in [1.54, 1.807) is 12.1 Å². The average Bonchev–Trinajstić information content (AvgIpc) is 3.13. The molecule has 5 atom stereocenters. The Bertz CT molecular complexity index is 1110. The molecule has 1 unspecified atom stereocenters. The third kappa shape index (κ3) is 3.52. The fourth-order valence-electron chi connectivity index (χ4n) is 6.06. The van der Waals surface area contributed by atoms with Gasteiger partial charge in [-0.2, -0.15) is 10.2 Å². The quantitative estimate of drug-likeness (QED) is 0.717. The van der Waals surface area contributed by atoms with Crippen LogP contribution in [0.15, 0.2) is 28.8 Å². The topological polar surface area (TPSA) is 95.1 Å². The number of nitrogens with zero attached hydrogens (tertiary/aromatic N) is 4. The molecule has 33 heavy (non-hydrogen) atoms. The summed E-state index contributed by atoms with van der Waals surface area (Å²) < 4.78 is 32.3. The number of benzene rings is 1. The summed E-state index contributed by atoms with van der Waals surface area (Å²) in [5, 5.41) is 16.8. The number of halogens is 2. The van der Waals surface area contributed by atoms with Crippen molar-refractivity contribution in [1.29, 1.82) is 5.26 Å². The van der Waals surface area contributed by atoms with E-state index in [9.17, 15) is 18.8 Å². The lowest BCUT2D eigenvalue weighted by atomic mass is 9.83. The van der Waals surface area contributed by atoms with Crippen LogP contribution < -0.4 is 5.32 Å². The Balaban J connectivity index is 1.24. The highest BCUT2D eigenvalue weighted by Crippen LogP contribution is 2.77. The van der Waals surface area contributed by atoms with Gasteiger partial charge in [0.1, 0.15) is 18.0 Å². The summed E-state index contributed by atoms with van der Waals surface area (Å²) >= 11 is 0. The van der Waals surface area contributed by atoms with Gasteiger partial charge in [0, 0.05) is 23.9 Å². The fraction of sp³-hybridized carbons (Fsp3) is 0.583. The molecule has 9 heteroatoms. The Hall–Kier alpha value is -2.86. The Kier molecular flexibility index (Phi) is 5.05. The molecule has 1 N–H and O–H groups in total. The van der Waals surface area contributed by atoms with Crippen molar-refractivity contribution in [2.75, 3.05) is 13.1 Å². The molecule has 1 amide bonds. The molecule has 2 saturated carbocycles. The van der Waals surface area contributed by atoms with E-state index in [0.717, 1.165) is 19.3 Å². The van der Waals surface area contributed by atoms with Crippen LogP contribution in [0.5, 0.6) is 0 Å². The Morgan fingerprint density at radius 2 is 2.09 bits per heavy atom. The van der Waals surface area contributed by atoms with Gasteiger partial charge in [-0.05, 0) is 61.3 Å². The standard InChI is InChI=1S/C24H27F2N5O2/c1-22-14-24(22,10-19-29-21(33-30-19)15-3-5-16(25)6-4-15)8-7-23(22,2)28-12-20(32)31-13-17(26)9-18(31)11-27/h3-6,17-18,28H,7-10,12-14H2,1-2H3/t17-,18-,22?,23-,24-/m0/s1. The number of rotatable bonds is 6. The molecule has 174 valence electrons. The molecular weight excluding hydrogens is 428 g/mol. The van der Waals surface area contributed by atoms with Crippen LogP contribution in [-0.2, 0) is 11.2 Å². The van der Waals surface area contributed by atoms with Crippen LogP contribution in [0.4, 0.5) is 8.78 Å². The molecule has 0 spiro atoms. The van der Waals surface area contributed by atoms with Gasteiger partial charge >= 0.3 is 0 Å².